The van der Waals surface area contributed by atoms with Gasteiger partial charge >= 0.3 is 0 Å². The number of rotatable bonds is 7. The molecule has 2 aromatic heterocycles. The predicted molar refractivity (Wildman–Crippen MR) is 93.4 cm³/mol. The lowest BCUT2D eigenvalue weighted by Crippen LogP contribution is -2.34. The van der Waals surface area contributed by atoms with E-state index in [1.165, 1.54) is 57.3 Å². The van der Waals surface area contributed by atoms with Gasteiger partial charge in [0, 0.05) is 23.8 Å². The summed E-state index contributed by atoms with van der Waals surface area (Å²) in [7, 11) is 0. The van der Waals surface area contributed by atoms with Crippen LogP contribution in [0, 0.1) is 12.8 Å². The number of hydrogen-bond acceptors (Lipinski definition) is 3. The highest BCUT2D eigenvalue weighted by Gasteiger charge is 2.18. The third kappa shape index (κ3) is 4.68. The Morgan fingerprint density at radius 3 is 2.82 bits per heavy atom. The van der Waals surface area contributed by atoms with E-state index >= 15 is 0 Å². The van der Waals surface area contributed by atoms with Gasteiger partial charge in [0.25, 0.3) is 0 Å². The molecule has 0 amide bonds. The molecule has 3 heterocycles. The van der Waals surface area contributed by atoms with Gasteiger partial charge in [0.1, 0.15) is 0 Å². The molecule has 0 aromatic carbocycles. The molecule has 1 aliphatic rings. The minimum absolute atomic E-state index is 0.901. The summed E-state index contributed by atoms with van der Waals surface area (Å²) in [5.41, 5.74) is 1.42. The lowest BCUT2D eigenvalue weighted by molar-refractivity contribution is 0.174. The van der Waals surface area contributed by atoms with Crippen LogP contribution in [0.4, 0.5) is 0 Å². The normalized spacial score (nSPS) is 17.1. The van der Waals surface area contributed by atoms with Crippen molar-refractivity contribution in [1.29, 1.82) is 0 Å². The highest BCUT2D eigenvalue weighted by Crippen LogP contribution is 2.22. The Bertz CT molecular complexity index is 538. The number of thiophene rings is 1. The monoisotopic (exact) mass is 317 g/mol. The molecule has 1 aliphatic heterocycles. The molecule has 1 fully saturated rings. The zero-order valence-corrected chi connectivity index (χ0v) is 14.4. The highest BCUT2D eigenvalue weighted by atomic mass is 32.1. The number of likely N-dealkylation sites (tertiary alicyclic amines) is 1. The molecule has 120 valence electrons. The smallest absolute Gasteiger partial charge is 0.0945 e. The first-order chi connectivity index (χ1) is 10.8. The zero-order chi connectivity index (χ0) is 15.2. The second-order valence-corrected chi connectivity index (χ2v) is 7.56. The van der Waals surface area contributed by atoms with Crippen LogP contribution in [0.25, 0.3) is 0 Å². The number of piperidine rings is 1. The second kappa shape index (κ2) is 7.93. The highest BCUT2D eigenvalue weighted by molar-refractivity contribution is 7.10. The van der Waals surface area contributed by atoms with Gasteiger partial charge in [0.15, 0.2) is 0 Å². The summed E-state index contributed by atoms with van der Waals surface area (Å²) >= 11 is 1.92. The molecule has 0 bridgehead atoms. The van der Waals surface area contributed by atoms with Crippen molar-refractivity contribution in [2.24, 2.45) is 5.92 Å². The van der Waals surface area contributed by atoms with E-state index in [-0.39, 0.29) is 0 Å². The van der Waals surface area contributed by atoms with Gasteiger partial charge in [-0.05, 0) is 81.6 Å². The van der Waals surface area contributed by atoms with E-state index in [2.05, 4.69) is 39.0 Å². The second-order valence-electron chi connectivity index (χ2n) is 6.57. The quantitative estimate of drug-likeness (QED) is 0.770. The Morgan fingerprint density at radius 1 is 1.27 bits per heavy atom. The van der Waals surface area contributed by atoms with Crippen molar-refractivity contribution in [3.8, 4) is 0 Å². The lowest BCUT2D eigenvalue weighted by Gasteiger charge is -2.32. The van der Waals surface area contributed by atoms with Crippen LogP contribution in [0.1, 0.15) is 36.1 Å². The van der Waals surface area contributed by atoms with Crippen molar-refractivity contribution in [3.63, 3.8) is 0 Å². The summed E-state index contributed by atoms with van der Waals surface area (Å²) in [5, 5.41) is 2.26. The molecule has 0 saturated carbocycles. The van der Waals surface area contributed by atoms with Crippen LogP contribution in [0.15, 0.2) is 30.2 Å². The predicted octanol–water partition coefficient (Wildman–Crippen LogP) is 3.99. The Hall–Kier alpha value is -1.13. The maximum Gasteiger partial charge on any atom is 0.0945 e. The topological polar surface area (TPSA) is 21.1 Å². The molecule has 0 unspecified atom stereocenters. The van der Waals surface area contributed by atoms with Crippen LogP contribution in [-0.4, -0.2) is 34.1 Å². The van der Waals surface area contributed by atoms with Gasteiger partial charge in [-0.1, -0.05) is 0 Å². The third-order valence-electron chi connectivity index (χ3n) is 4.74. The number of aryl methyl sites for hydroxylation is 3. The first kappa shape index (κ1) is 15.8. The summed E-state index contributed by atoms with van der Waals surface area (Å²) in [6.07, 6.45) is 12.5. The maximum absolute atomic E-state index is 4.11. The van der Waals surface area contributed by atoms with E-state index < -0.39 is 0 Å². The zero-order valence-electron chi connectivity index (χ0n) is 13.6. The Labute approximate surface area is 138 Å². The standard InChI is InChI=1S/C18H27N3S/c1-16-13-18(22-14-16)3-2-8-20-9-4-17(5-10-20)6-11-21-12-7-19-15-21/h7,12-15,17H,2-6,8-11H2,1H3. The van der Waals surface area contributed by atoms with Gasteiger partial charge in [-0.15, -0.1) is 11.3 Å². The van der Waals surface area contributed by atoms with Crippen molar-refractivity contribution in [2.75, 3.05) is 19.6 Å². The average Bonchev–Trinajstić information content (AvgIpc) is 3.18. The molecule has 3 rings (SSSR count). The van der Waals surface area contributed by atoms with Crippen molar-refractivity contribution >= 4 is 11.3 Å². The van der Waals surface area contributed by atoms with Crippen LogP contribution in [0.5, 0.6) is 0 Å². The van der Waals surface area contributed by atoms with Gasteiger partial charge in [-0.25, -0.2) is 4.98 Å². The number of nitrogens with zero attached hydrogens (tertiary/aromatic N) is 3. The molecule has 1 saturated heterocycles. The Balaban J connectivity index is 1.30. The van der Waals surface area contributed by atoms with Crippen LogP contribution in [0.2, 0.25) is 0 Å². The van der Waals surface area contributed by atoms with E-state index in [1.54, 1.807) is 4.88 Å². The summed E-state index contributed by atoms with van der Waals surface area (Å²) in [5.74, 6) is 0.901. The third-order valence-corrected chi connectivity index (χ3v) is 5.86. The fourth-order valence-electron chi connectivity index (χ4n) is 3.35. The van der Waals surface area contributed by atoms with Crippen molar-refractivity contribution < 1.29 is 0 Å². The molecular weight excluding hydrogens is 290 g/mol. The van der Waals surface area contributed by atoms with E-state index in [1.807, 2.05) is 23.9 Å². The number of hydrogen-bond donors (Lipinski definition) is 0. The molecule has 0 aliphatic carbocycles. The molecule has 22 heavy (non-hydrogen) atoms. The SMILES string of the molecule is Cc1csc(CCCN2CCC(CCn3ccnc3)CC2)c1. The van der Waals surface area contributed by atoms with Gasteiger partial charge in [-0.2, -0.15) is 0 Å². The maximum atomic E-state index is 4.11. The minimum atomic E-state index is 0.901. The molecular formula is C18H27N3S. The molecule has 4 heteroatoms. The van der Waals surface area contributed by atoms with E-state index in [0.29, 0.717) is 0 Å². The first-order valence-electron chi connectivity index (χ1n) is 8.52. The van der Waals surface area contributed by atoms with Crippen molar-refractivity contribution in [1.82, 2.24) is 14.5 Å². The number of imidazole rings is 1. The summed E-state index contributed by atoms with van der Waals surface area (Å²) in [6, 6.07) is 2.34. The molecule has 0 spiro atoms. The fourth-order valence-corrected chi connectivity index (χ4v) is 4.27. The van der Waals surface area contributed by atoms with Crippen LogP contribution >= 0.6 is 11.3 Å². The average molecular weight is 318 g/mol. The minimum Gasteiger partial charge on any atom is -0.337 e. The van der Waals surface area contributed by atoms with E-state index in [4.69, 9.17) is 0 Å². The molecule has 3 nitrogen and oxygen atoms in total. The molecule has 2 aromatic rings. The van der Waals surface area contributed by atoms with E-state index in [0.717, 1.165) is 12.5 Å². The Kier molecular flexibility index (Phi) is 5.68. The van der Waals surface area contributed by atoms with Crippen molar-refractivity contribution in [2.45, 2.75) is 45.6 Å². The molecule has 0 N–H and O–H groups in total. The van der Waals surface area contributed by atoms with Gasteiger partial charge < -0.3 is 9.47 Å². The van der Waals surface area contributed by atoms with Gasteiger partial charge in [-0.3, -0.25) is 0 Å². The Morgan fingerprint density at radius 2 is 2.14 bits per heavy atom. The molecule has 0 radical (unpaired) electrons. The summed E-state index contributed by atoms with van der Waals surface area (Å²) < 4.78 is 2.20. The van der Waals surface area contributed by atoms with Crippen molar-refractivity contribution in [3.05, 3.63) is 40.6 Å². The van der Waals surface area contributed by atoms with E-state index in [9.17, 15) is 0 Å². The lowest BCUT2D eigenvalue weighted by atomic mass is 9.93. The van der Waals surface area contributed by atoms with Crippen LogP contribution in [-0.2, 0) is 13.0 Å². The van der Waals surface area contributed by atoms with Gasteiger partial charge in [0.05, 0.1) is 6.33 Å². The fraction of sp³-hybridized carbons (Fsp3) is 0.611. The van der Waals surface area contributed by atoms with Gasteiger partial charge in [0.2, 0.25) is 0 Å². The summed E-state index contributed by atoms with van der Waals surface area (Å²) in [4.78, 5) is 8.32. The largest absolute Gasteiger partial charge is 0.337 e. The van der Waals surface area contributed by atoms with Crippen LogP contribution in [0.3, 0.4) is 0 Å². The number of aromatic nitrogens is 2. The first-order valence-corrected chi connectivity index (χ1v) is 9.39. The molecule has 0 atom stereocenters. The summed E-state index contributed by atoms with van der Waals surface area (Å²) in [6.45, 7) is 7.16. The van der Waals surface area contributed by atoms with Crippen LogP contribution < -0.4 is 0 Å².